The van der Waals surface area contributed by atoms with Crippen LogP contribution in [0, 0.1) is 0 Å². The van der Waals surface area contributed by atoms with Crippen LogP contribution in [0.1, 0.15) is 18.1 Å². The smallest absolute Gasteiger partial charge is 0.318 e. The van der Waals surface area contributed by atoms with Gasteiger partial charge < -0.3 is 5.32 Å². The van der Waals surface area contributed by atoms with Crippen LogP contribution in [0.25, 0.3) is 0 Å². The second-order valence-corrected chi connectivity index (χ2v) is 5.77. The van der Waals surface area contributed by atoms with Crippen LogP contribution in [-0.4, -0.2) is 23.2 Å². The molecule has 1 saturated heterocycles. The summed E-state index contributed by atoms with van der Waals surface area (Å²) in [4.78, 5) is 24.7. The molecule has 0 spiro atoms. The minimum absolute atomic E-state index is 0.424. The summed E-state index contributed by atoms with van der Waals surface area (Å²) in [7, 11) is 0. The maximum Gasteiger partial charge on any atom is 0.346 e. The van der Waals surface area contributed by atoms with Crippen LogP contribution in [0.15, 0.2) is 59.7 Å². The number of imide groups is 1. The zero-order valence-corrected chi connectivity index (χ0v) is 13.1. The van der Waals surface area contributed by atoms with Crippen molar-refractivity contribution in [2.24, 2.45) is 5.10 Å². The number of carbonyl (C=O) groups is 2. The highest BCUT2D eigenvalue weighted by atomic mass is 35.5. The molecule has 0 unspecified atom stereocenters. The molecule has 0 aromatic heterocycles. The van der Waals surface area contributed by atoms with Gasteiger partial charge in [0.25, 0.3) is 5.91 Å². The predicted octanol–water partition coefficient (Wildman–Crippen LogP) is 3.14. The summed E-state index contributed by atoms with van der Waals surface area (Å²) in [6.07, 6.45) is 1.43. The number of amides is 3. The number of halogens is 1. The first-order chi connectivity index (χ1) is 11.0. The topological polar surface area (TPSA) is 61.8 Å². The van der Waals surface area contributed by atoms with Crippen molar-refractivity contribution >= 4 is 29.8 Å². The highest BCUT2D eigenvalue weighted by molar-refractivity contribution is 6.30. The fourth-order valence-electron chi connectivity index (χ4n) is 2.41. The van der Waals surface area contributed by atoms with Crippen LogP contribution < -0.4 is 5.32 Å². The summed E-state index contributed by atoms with van der Waals surface area (Å²) in [6.45, 7) is 1.66. The van der Waals surface area contributed by atoms with Crippen molar-refractivity contribution in [2.45, 2.75) is 12.5 Å². The molecule has 1 fully saturated rings. The van der Waals surface area contributed by atoms with E-state index in [0.29, 0.717) is 16.1 Å². The average molecular weight is 328 g/mol. The Hall–Kier alpha value is -2.66. The molecule has 1 heterocycles. The molecule has 5 nitrogen and oxygen atoms in total. The van der Waals surface area contributed by atoms with Gasteiger partial charge in [-0.25, -0.2) is 4.79 Å². The summed E-state index contributed by atoms with van der Waals surface area (Å²) in [6, 6.07) is 15.5. The molecular weight excluding hydrogens is 314 g/mol. The Morgan fingerprint density at radius 2 is 1.87 bits per heavy atom. The second-order valence-electron chi connectivity index (χ2n) is 5.34. The predicted molar refractivity (Wildman–Crippen MR) is 88.2 cm³/mol. The van der Waals surface area contributed by atoms with Crippen molar-refractivity contribution in [3.05, 3.63) is 70.7 Å². The van der Waals surface area contributed by atoms with Gasteiger partial charge in [-0.2, -0.15) is 5.10 Å². The molecule has 1 aliphatic rings. The maximum atomic E-state index is 12.6. The third kappa shape index (κ3) is 2.83. The molecule has 0 aliphatic carbocycles. The van der Waals surface area contributed by atoms with Crippen molar-refractivity contribution in [1.82, 2.24) is 10.3 Å². The van der Waals surface area contributed by atoms with Crippen LogP contribution >= 0.6 is 11.6 Å². The second kappa shape index (κ2) is 5.85. The van der Waals surface area contributed by atoms with E-state index in [2.05, 4.69) is 10.4 Å². The Balaban J connectivity index is 1.87. The van der Waals surface area contributed by atoms with Gasteiger partial charge in [0.05, 0.1) is 6.21 Å². The van der Waals surface area contributed by atoms with Gasteiger partial charge in [0.1, 0.15) is 5.54 Å². The van der Waals surface area contributed by atoms with Crippen LogP contribution in [0.2, 0.25) is 5.02 Å². The summed E-state index contributed by atoms with van der Waals surface area (Å²) >= 11 is 5.90. The molecule has 2 aromatic carbocycles. The van der Waals surface area contributed by atoms with E-state index in [1.165, 1.54) is 6.21 Å². The van der Waals surface area contributed by atoms with E-state index in [1.54, 1.807) is 43.3 Å². The third-order valence-corrected chi connectivity index (χ3v) is 3.93. The molecule has 1 N–H and O–H groups in total. The lowest BCUT2D eigenvalue weighted by atomic mass is 9.92. The van der Waals surface area contributed by atoms with Gasteiger partial charge in [-0.3, -0.25) is 4.79 Å². The van der Waals surface area contributed by atoms with E-state index >= 15 is 0 Å². The Morgan fingerprint density at radius 3 is 2.57 bits per heavy atom. The fourth-order valence-corrected chi connectivity index (χ4v) is 2.61. The molecule has 116 valence electrons. The third-order valence-electron chi connectivity index (χ3n) is 3.69. The lowest BCUT2D eigenvalue weighted by Gasteiger charge is -2.20. The maximum absolute atomic E-state index is 12.6. The quantitative estimate of drug-likeness (QED) is 0.695. The number of carbonyl (C=O) groups excluding carboxylic acids is 2. The molecule has 6 heteroatoms. The van der Waals surface area contributed by atoms with Crippen LogP contribution in [0.5, 0.6) is 0 Å². The molecule has 0 radical (unpaired) electrons. The number of hydrazone groups is 1. The fraction of sp³-hybridized carbons (Fsp3) is 0.118. The van der Waals surface area contributed by atoms with Crippen LogP contribution in [-0.2, 0) is 10.3 Å². The molecule has 0 saturated carbocycles. The molecule has 1 aliphatic heterocycles. The van der Waals surface area contributed by atoms with Crippen molar-refractivity contribution in [3.8, 4) is 0 Å². The van der Waals surface area contributed by atoms with Gasteiger partial charge in [0.15, 0.2) is 0 Å². The number of nitrogens with one attached hydrogen (secondary N) is 1. The SMILES string of the molecule is C[C@]1(c2ccccc2)NC(=O)N(/N=C\c2cccc(Cl)c2)C1=O. The molecule has 2 aromatic rings. The minimum atomic E-state index is -1.12. The van der Waals surface area contributed by atoms with Gasteiger partial charge in [0, 0.05) is 5.02 Å². The van der Waals surface area contributed by atoms with Gasteiger partial charge >= 0.3 is 6.03 Å². The van der Waals surface area contributed by atoms with Gasteiger partial charge in [-0.15, -0.1) is 5.01 Å². The monoisotopic (exact) mass is 327 g/mol. The summed E-state index contributed by atoms with van der Waals surface area (Å²) in [5.74, 6) is -0.424. The zero-order valence-electron chi connectivity index (χ0n) is 12.4. The normalized spacial score (nSPS) is 21.0. The van der Waals surface area contributed by atoms with Gasteiger partial charge in [0.2, 0.25) is 0 Å². The highest BCUT2D eigenvalue weighted by Gasteiger charge is 2.49. The number of benzene rings is 2. The van der Waals surface area contributed by atoms with Crippen LogP contribution in [0.4, 0.5) is 4.79 Å². The van der Waals surface area contributed by atoms with Gasteiger partial charge in [-0.05, 0) is 30.2 Å². The Morgan fingerprint density at radius 1 is 1.13 bits per heavy atom. The van der Waals surface area contributed by atoms with Crippen molar-refractivity contribution in [1.29, 1.82) is 0 Å². The average Bonchev–Trinajstić information content (AvgIpc) is 2.77. The van der Waals surface area contributed by atoms with Crippen molar-refractivity contribution < 1.29 is 9.59 Å². The number of nitrogens with zero attached hydrogens (tertiary/aromatic N) is 2. The molecule has 3 amide bonds. The first-order valence-corrected chi connectivity index (χ1v) is 7.40. The number of urea groups is 1. The summed E-state index contributed by atoms with van der Waals surface area (Å²) in [5.41, 5.74) is 0.287. The Bertz CT molecular complexity index is 791. The number of hydrogen-bond acceptors (Lipinski definition) is 3. The minimum Gasteiger partial charge on any atom is -0.318 e. The number of rotatable bonds is 3. The molecule has 3 rings (SSSR count). The van der Waals surface area contributed by atoms with E-state index < -0.39 is 17.5 Å². The molecular formula is C17H14ClN3O2. The van der Waals surface area contributed by atoms with E-state index in [-0.39, 0.29) is 0 Å². The Labute approximate surface area is 138 Å². The number of hydrogen-bond donors (Lipinski definition) is 1. The van der Waals surface area contributed by atoms with E-state index in [9.17, 15) is 9.59 Å². The van der Waals surface area contributed by atoms with Gasteiger partial charge in [-0.1, -0.05) is 54.1 Å². The lowest BCUT2D eigenvalue weighted by Crippen LogP contribution is -2.40. The standard InChI is InChI=1S/C17H14ClN3O2/c1-17(13-7-3-2-4-8-13)15(22)21(16(23)20-17)19-11-12-6-5-9-14(18)10-12/h2-11H,1H3,(H,20,23)/b19-11-/t17-/m1/s1. The van der Waals surface area contributed by atoms with E-state index in [4.69, 9.17) is 11.6 Å². The highest BCUT2D eigenvalue weighted by Crippen LogP contribution is 2.28. The van der Waals surface area contributed by atoms with Crippen molar-refractivity contribution in [3.63, 3.8) is 0 Å². The van der Waals surface area contributed by atoms with E-state index in [0.717, 1.165) is 5.01 Å². The molecule has 0 bridgehead atoms. The molecule has 23 heavy (non-hydrogen) atoms. The lowest BCUT2D eigenvalue weighted by molar-refractivity contribution is -0.131. The Kier molecular flexibility index (Phi) is 3.88. The van der Waals surface area contributed by atoms with Crippen LogP contribution in [0.3, 0.4) is 0 Å². The van der Waals surface area contributed by atoms with Crippen molar-refractivity contribution in [2.75, 3.05) is 0 Å². The first-order valence-electron chi connectivity index (χ1n) is 7.02. The summed E-state index contributed by atoms with van der Waals surface area (Å²) in [5, 5.41) is 8.09. The zero-order chi connectivity index (χ0) is 16.4. The first kappa shape index (κ1) is 15.2. The van der Waals surface area contributed by atoms with E-state index in [1.807, 2.05) is 18.2 Å². The largest absolute Gasteiger partial charge is 0.346 e. The molecule has 1 atom stereocenters. The summed E-state index contributed by atoms with van der Waals surface area (Å²) < 4.78 is 0.